The number of nitrogen functional groups attached to an aromatic ring is 1. The highest BCUT2D eigenvalue weighted by molar-refractivity contribution is 5.81. The number of anilines is 1. The minimum atomic E-state index is -0.189. The molecule has 1 aromatic heterocycles. The van der Waals surface area contributed by atoms with E-state index in [2.05, 4.69) is 4.98 Å². The van der Waals surface area contributed by atoms with Crippen molar-refractivity contribution in [3.05, 3.63) is 58.0 Å². The summed E-state index contributed by atoms with van der Waals surface area (Å²) in [5.74, 6) is 1.12. The third kappa shape index (κ3) is 3.19. The summed E-state index contributed by atoms with van der Waals surface area (Å²) in [5.41, 5.74) is 8.79. The molecule has 25 heavy (non-hydrogen) atoms. The SMILES string of the molecule is COc1cc2nc(/C=C/c3ccc(N)cc3)c(=O)n(C)c2cc1OC. The molecule has 3 rings (SSSR count). The minimum absolute atomic E-state index is 0.189. The Labute approximate surface area is 145 Å². The molecule has 0 bridgehead atoms. The molecule has 0 saturated carbocycles. The van der Waals surface area contributed by atoms with Gasteiger partial charge in [-0.25, -0.2) is 4.98 Å². The molecule has 0 aliphatic heterocycles. The van der Waals surface area contributed by atoms with Gasteiger partial charge in [0, 0.05) is 24.9 Å². The van der Waals surface area contributed by atoms with Crippen molar-refractivity contribution in [2.75, 3.05) is 20.0 Å². The predicted molar refractivity (Wildman–Crippen MR) is 99.9 cm³/mol. The standard InChI is InChI=1S/C19H19N3O3/c1-22-16-11-18(25-3)17(24-2)10-15(16)21-14(19(22)23)9-6-12-4-7-13(20)8-5-12/h4-11H,20H2,1-3H3/b9-6+. The molecule has 0 spiro atoms. The summed E-state index contributed by atoms with van der Waals surface area (Å²) >= 11 is 0. The zero-order valence-corrected chi connectivity index (χ0v) is 14.3. The van der Waals surface area contributed by atoms with E-state index >= 15 is 0 Å². The van der Waals surface area contributed by atoms with Gasteiger partial charge in [-0.3, -0.25) is 4.79 Å². The van der Waals surface area contributed by atoms with Crippen LogP contribution >= 0.6 is 0 Å². The maximum atomic E-state index is 12.6. The second-order valence-corrected chi connectivity index (χ2v) is 5.56. The molecule has 2 aromatic carbocycles. The number of methoxy groups -OCH3 is 2. The highest BCUT2D eigenvalue weighted by Gasteiger charge is 2.12. The Morgan fingerprint density at radius 2 is 1.68 bits per heavy atom. The van der Waals surface area contributed by atoms with E-state index in [9.17, 15) is 4.79 Å². The zero-order valence-electron chi connectivity index (χ0n) is 14.3. The molecule has 0 aliphatic carbocycles. The third-order valence-electron chi connectivity index (χ3n) is 3.98. The van der Waals surface area contributed by atoms with Gasteiger partial charge in [0.25, 0.3) is 5.56 Å². The number of fused-ring (bicyclic) bond motifs is 1. The molecular weight excluding hydrogens is 318 g/mol. The van der Waals surface area contributed by atoms with Gasteiger partial charge < -0.3 is 19.8 Å². The van der Waals surface area contributed by atoms with Crippen LogP contribution in [0.5, 0.6) is 11.5 Å². The summed E-state index contributed by atoms with van der Waals surface area (Å²) in [6.45, 7) is 0. The molecule has 0 unspecified atom stereocenters. The van der Waals surface area contributed by atoms with Crippen LogP contribution in [0, 0.1) is 0 Å². The van der Waals surface area contributed by atoms with Gasteiger partial charge in [-0.1, -0.05) is 18.2 Å². The quantitative estimate of drug-likeness (QED) is 0.741. The number of nitrogens with zero attached hydrogens (tertiary/aromatic N) is 2. The van der Waals surface area contributed by atoms with Crippen LogP contribution in [-0.4, -0.2) is 23.8 Å². The molecule has 0 amide bonds. The Morgan fingerprint density at radius 3 is 2.32 bits per heavy atom. The number of nitrogens with two attached hydrogens (primary N) is 1. The summed E-state index contributed by atoms with van der Waals surface area (Å²) in [4.78, 5) is 17.0. The van der Waals surface area contributed by atoms with Gasteiger partial charge in [0.1, 0.15) is 5.69 Å². The smallest absolute Gasteiger partial charge is 0.276 e. The van der Waals surface area contributed by atoms with Crippen LogP contribution in [0.1, 0.15) is 11.3 Å². The molecule has 6 heteroatoms. The monoisotopic (exact) mass is 337 g/mol. The molecule has 1 heterocycles. The summed E-state index contributed by atoms with van der Waals surface area (Å²) in [5, 5.41) is 0. The number of hydrogen-bond donors (Lipinski definition) is 1. The van der Waals surface area contributed by atoms with E-state index in [0.717, 1.165) is 5.56 Å². The summed E-state index contributed by atoms with van der Waals surface area (Å²) < 4.78 is 12.2. The molecule has 0 saturated heterocycles. The van der Waals surface area contributed by atoms with Crippen molar-refractivity contribution in [2.45, 2.75) is 0 Å². The Morgan fingerprint density at radius 1 is 1.04 bits per heavy atom. The number of ether oxygens (including phenoxy) is 2. The highest BCUT2D eigenvalue weighted by Crippen LogP contribution is 2.30. The molecular formula is C19H19N3O3. The van der Waals surface area contributed by atoms with Crippen molar-refractivity contribution in [3.63, 3.8) is 0 Å². The number of aryl methyl sites for hydroxylation is 1. The Kier molecular flexibility index (Phi) is 4.43. The second-order valence-electron chi connectivity index (χ2n) is 5.56. The van der Waals surface area contributed by atoms with Crippen molar-refractivity contribution >= 4 is 28.9 Å². The van der Waals surface area contributed by atoms with Gasteiger partial charge in [-0.15, -0.1) is 0 Å². The van der Waals surface area contributed by atoms with Crippen LogP contribution < -0.4 is 20.8 Å². The topological polar surface area (TPSA) is 79.4 Å². The van der Waals surface area contributed by atoms with Gasteiger partial charge in [0.05, 0.1) is 25.3 Å². The van der Waals surface area contributed by atoms with Crippen molar-refractivity contribution in [1.29, 1.82) is 0 Å². The number of benzene rings is 2. The first-order valence-electron chi connectivity index (χ1n) is 7.70. The molecule has 0 radical (unpaired) electrons. The van der Waals surface area contributed by atoms with Crippen molar-refractivity contribution in [1.82, 2.24) is 9.55 Å². The molecule has 6 nitrogen and oxygen atoms in total. The first kappa shape index (κ1) is 16.6. The van der Waals surface area contributed by atoms with Crippen LogP contribution in [-0.2, 0) is 7.05 Å². The van der Waals surface area contributed by atoms with Gasteiger partial charge >= 0.3 is 0 Å². The molecule has 2 N–H and O–H groups in total. The van der Waals surface area contributed by atoms with Gasteiger partial charge in [0.15, 0.2) is 11.5 Å². The molecule has 128 valence electrons. The lowest BCUT2D eigenvalue weighted by molar-refractivity contribution is 0.355. The summed E-state index contributed by atoms with van der Waals surface area (Å²) in [6.07, 6.45) is 3.53. The number of hydrogen-bond acceptors (Lipinski definition) is 5. The van der Waals surface area contributed by atoms with E-state index in [-0.39, 0.29) is 5.56 Å². The van der Waals surface area contributed by atoms with Crippen LogP contribution in [0.2, 0.25) is 0 Å². The Balaban J connectivity index is 2.11. The lowest BCUT2D eigenvalue weighted by atomic mass is 10.2. The van der Waals surface area contributed by atoms with E-state index in [4.69, 9.17) is 15.2 Å². The maximum Gasteiger partial charge on any atom is 0.276 e. The predicted octanol–water partition coefficient (Wildman–Crippen LogP) is 2.70. The van der Waals surface area contributed by atoms with Crippen LogP contribution in [0.3, 0.4) is 0 Å². The van der Waals surface area contributed by atoms with Crippen LogP contribution in [0.25, 0.3) is 23.2 Å². The van der Waals surface area contributed by atoms with E-state index in [1.165, 1.54) is 0 Å². The number of aromatic nitrogens is 2. The fourth-order valence-electron chi connectivity index (χ4n) is 2.57. The van der Waals surface area contributed by atoms with Crippen molar-refractivity contribution < 1.29 is 9.47 Å². The lowest BCUT2D eigenvalue weighted by Gasteiger charge is -2.11. The normalized spacial score (nSPS) is 11.2. The van der Waals surface area contributed by atoms with Crippen LogP contribution in [0.4, 0.5) is 5.69 Å². The minimum Gasteiger partial charge on any atom is -0.493 e. The van der Waals surface area contributed by atoms with E-state index in [1.807, 2.05) is 30.3 Å². The molecule has 3 aromatic rings. The van der Waals surface area contributed by atoms with Crippen molar-refractivity contribution in [2.24, 2.45) is 7.05 Å². The Hall–Kier alpha value is -3.28. The third-order valence-corrected chi connectivity index (χ3v) is 3.98. The fraction of sp³-hybridized carbons (Fsp3) is 0.158. The Bertz CT molecular complexity index is 1010. The highest BCUT2D eigenvalue weighted by atomic mass is 16.5. The average Bonchev–Trinajstić information content (AvgIpc) is 2.63. The average molecular weight is 337 g/mol. The van der Waals surface area contributed by atoms with Crippen LogP contribution in [0.15, 0.2) is 41.2 Å². The second kappa shape index (κ2) is 6.68. The van der Waals surface area contributed by atoms with Gasteiger partial charge in [0.2, 0.25) is 0 Å². The first-order chi connectivity index (χ1) is 12.0. The molecule has 0 atom stereocenters. The van der Waals surface area contributed by atoms with Crippen molar-refractivity contribution in [3.8, 4) is 11.5 Å². The summed E-state index contributed by atoms with van der Waals surface area (Å²) in [6, 6.07) is 10.9. The first-order valence-corrected chi connectivity index (χ1v) is 7.70. The molecule has 0 aliphatic rings. The number of rotatable bonds is 4. The van der Waals surface area contributed by atoms with E-state index < -0.39 is 0 Å². The largest absolute Gasteiger partial charge is 0.493 e. The summed E-state index contributed by atoms with van der Waals surface area (Å²) in [7, 11) is 4.82. The van der Waals surface area contributed by atoms with E-state index in [1.54, 1.807) is 44.0 Å². The van der Waals surface area contributed by atoms with E-state index in [0.29, 0.717) is 33.9 Å². The molecule has 0 fully saturated rings. The van der Waals surface area contributed by atoms with Gasteiger partial charge in [-0.2, -0.15) is 0 Å². The lowest BCUT2D eigenvalue weighted by Crippen LogP contribution is -2.21. The zero-order chi connectivity index (χ0) is 18.0. The maximum absolute atomic E-state index is 12.6. The fourth-order valence-corrected chi connectivity index (χ4v) is 2.57. The van der Waals surface area contributed by atoms with Gasteiger partial charge in [-0.05, 0) is 23.8 Å².